The van der Waals surface area contributed by atoms with Crippen LogP contribution in [0.4, 0.5) is 5.95 Å². The second kappa shape index (κ2) is 7.74. The fraction of sp³-hybridized carbons (Fsp3) is 0.650. The zero-order valence-electron chi connectivity index (χ0n) is 16.0. The van der Waals surface area contributed by atoms with Crippen LogP contribution in [0.15, 0.2) is 12.1 Å². The monoisotopic (exact) mass is 354 g/mol. The maximum Gasteiger partial charge on any atom is 0.223 e. The minimum Gasteiger partial charge on any atom is -0.348 e. The summed E-state index contributed by atoms with van der Waals surface area (Å²) in [5.74, 6) is 0.689. The van der Waals surface area contributed by atoms with E-state index in [0.717, 1.165) is 36.2 Å². The molecular formula is C20H30N6. The molecule has 140 valence electrons. The minimum atomic E-state index is 0.673. The highest BCUT2D eigenvalue weighted by Crippen LogP contribution is 2.26. The van der Waals surface area contributed by atoms with Gasteiger partial charge in [-0.3, -0.25) is 9.58 Å². The highest BCUT2D eigenvalue weighted by molar-refractivity contribution is 5.29. The van der Waals surface area contributed by atoms with Crippen LogP contribution in [0, 0.1) is 13.8 Å². The lowest BCUT2D eigenvalue weighted by Gasteiger charge is -2.33. The third kappa shape index (κ3) is 4.06. The Kier molecular flexibility index (Phi) is 5.20. The predicted octanol–water partition coefficient (Wildman–Crippen LogP) is 3.44. The maximum absolute atomic E-state index is 4.82. The molecule has 0 saturated heterocycles. The summed E-state index contributed by atoms with van der Waals surface area (Å²) in [6.07, 6.45) is 8.13. The Labute approximate surface area is 156 Å². The molecule has 0 aromatic carbocycles. The van der Waals surface area contributed by atoms with Crippen LogP contribution in [0.3, 0.4) is 0 Å². The van der Waals surface area contributed by atoms with Gasteiger partial charge < -0.3 is 5.32 Å². The van der Waals surface area contributed by atoms with Crippen molar-refractivity contribution in [2.24, 2.45) is 0 Å². The number of aryl methyl sites for hydroxylation is 3. The summed E-state index contributed by atoms with van der Waals surface area (Å²) in [7, 11) is 0. The van der Waals surface area contributed by atoms with Gasteiger partial charge in [-0.15, -0.1) is 0 Å². The fourth-order valence-corrected chi connectivity index (χ4v) is 4.37. The average Bonchev–Trinajstić information content (AvgIpc) is 2.90. The van der Waals surface area contributed by atoms with Gasteiger partial charge in [-0.05, 0) is 45.2 Å². The van der Waals surface area contributed by atoms with Crippen LogP contribution in [-0.4, -0.2) is 37.2 Å². The number of nitrogens with one attached hydrogen (secondary N) is 1. The summed E-state index contributed by atoms with van der Waals surface area (Å²) in [6, 6.07) is 5.02. The highest BCUT2D eigenvalue weighted by Gasteiger charge is 2.24. The van der Waals surface area contributed by atoms with Crippen LogP contribution in [0.1, 0.15) is 61.3 Å². The van der Waals surface area contributed by atoms with Gasteiger partial charge in [-0.2, -0.15) is 5.10 Å². The molecule has 6 nitrogen and oxygen atoms in total. The van der Waals surface area contributed by atoms with E-state index in [9.17, 15) is 0 Å². The van der Waals surface area contributed by atoms with Crippen molar-refractivity contribution in [3.63, 3.8) is 0 Å². The van der Waals surface area contributed by atoms with Crippen molar-refractivity contribution in [1.82, 2.24) is 24.6 Å². The van der Waals surface area contributed by atoms with Gasteiger partial charge >= 0.3 is 0 Å². The van der Waals surface area contributed by atoms with Crippen molar-refractivity contribution < 1.29 is 0 Å². The van der Waals surface area contributed by atoms with Crippen LogP contribution >= 0.6 is 0 Å². The van der Waals surface area contributed by atoms with Crippen LogP contribution in [-0.2, 0) is 19.6 Å². The number of hydrogen-bond acceptors (Lipinski definition) is 5. The van der Waals surface area contributed by atoms with Gasteiger partial charge in [0.2, 0.25) is 5.95 Å². The molecule has 0 atom stereocenters. The molecular weight excluding hydrogens is 324 g/mol. The lowest BCUT2D eigenvalue weighted by molar-refractivity contribution is 0.150. The van der Waals surface area contributed by atoms with E-state index in [2.05, 4.69) is 30.9 Å². The van der Waals surface area contributed by atoms with Gasteiger partial charge in [0.15, 0.2) is 0 Å². The molecule has 4 rings (SSSR count). The average molecular weight is 355 g/mol. The molecule has 1 fully saturated rings. The Balaban J connectivity index is 1.42. The number of aromatic nitrogens is 4. The number of nitrogens with zero attached hydrogens (tertiary/aromatic N) is 5. The fourth-order valence-electron chi connectivity index (χ4n) is 4.37. The SMILES string of the molecule is Cc1cc(C)nc(NCc2cc3n(n2)CCCN(C2CCCCC2)C3)n1. The second-order valence-electron chi connectivity index (χ2n) is 7.79. The van der Waals surface area contributed by atoms with Crippen molar-refractivity contribution >= 4 is 5.95 Å². The summed E-state index contributed by atoms with van der Waals surface area (Å²) in [5, 5.41) is 8.15. The number of rotatable bonds is 4. The predicted molar refractivity (Wildman–Crippen MR) is 103 cm³/mol. The smallest absolute Gasteiger partial charge is 0.223 e. The third-order valence-electron chi connectivity index (χ3n) is 5.60. The number of fused-ring (bicyclic) bond motifs is 1. The molecule has 2 aliphatic rings. The molecule has 1 aliphatic heterocycles. The summed E-state index contributed by atoms with van der Waals surface area (Å²) < 4.78 is 2.21. The van der Waals surface area contributed by atoms with Gasteiger partial charge in [-0.25, -0.2) is 9.97 Å². The Morgan fingerprint density at radius 2 is 1.77 bits per heavy atom. The van der Waals surface area contributed by atoms with E-state index in [0.29, 0.717) is 12.5 Å². The van der Waals surface area contributed by atoms with E-state index < -0.39 is 0 Å². The van der Waals surface area contributed by atoms with Gasteiger partial charge in [0, 0.05) is 37.1 Å². The minimum absolute atomic E-state index is 0.673. The standard InChI is InChI=1S/C20H30N6/c1-15-11-16(2)23-20(22-15)21-13-17-12-19-14-25(9-6-10-26(19)24-17)18-7-4-3-5-8-18/h11-12,18H,3-10,13-14H2,1-2H3,(H,21,22,23). The zero-order chi connectivity index (χ0) is 17.9. The molecule has 1 N–H and O–H groups in total. The van der Waals surface area contributed by atoms with E-state index >= 15 is 0 Å². The first kappa shape index (κ1) is 17.5. The van der Waals surface area contributed by atoms with E-state index in [-0.39, 0.29) is 0 Å². The quantitative estimate of drug-likeness (QED) is 0.911. The van der Waals surface area contributed by atoms with Gasteiger partial charge in [0.1, 0.15) is 0 Å². The first-order chi connectivity index (χ1) is 12.7. The summed E-state index contributed by atoms with van der Waals surface area (Å²) >= 11 is 0. The largest absolute Gasteiger partial charge is 0.348 e. The maximum atomic E-state index is 4.82. The van der Waals surface area contributed by atoms with E-state index in [1.54, 1.807) is 0 Å². The molecule has 0 radical (unpaired) electrons. The Hall–Kier alpha value is -1.95. The topological polar surface area (TPSA) is 58.9 Å². The van der Waals surface area contributed by atoms with E-state index in [1.807, 2.05) is 19.9 Å². The van der Waals surface area contributed by atoms with E-state index in [1.165, 1.54) is 50.8 Å². The van der Waals surface area contributed by atoms with Crippen molar-refractivity contribution in [1.29, 1.82) is 0 Å². The molecule has 26 heavy (non-hydrogen) atoms. The number of hydrogen-bond donors (Lipinski definition) is 1. The Morgan fingerprint density at radius 3 is 2.54 bits per heavy atom. The lowest BCUT2D eigenvalue weighted by Crippen LogP contribution is -2.36. The molecule has 3 heterocycles. The number of anilines is 1. The van der Waals surface area contributed by atoms with Gasteiger partial charge in [-0.1, -0.05) is 19.3 Å². The Bertz CT molecular complexity index is 727. The van der Waals surface area contributed by atoms with E-state index in [4.69, 9.17) is 5.10 Å². The molecule has 0 bridgehead atoms. The normalized spacial score (nSPS) is 19.2. The molecule has 0 spiro atoms. The van der Waals surface area contributed by atoms with Crippen LogP contribution < -0.4 is 5.32 Å². The second-order valence-corrected chi connectivity index (χ2v) is 7.79. The van der Waals surface area contributed by atoms with Crippen LogP contribution in [0.5, 0.6) is 0 Å². The zero-order valence-corrected chi connectivity index (χ0v) is 16.0. The lowest BCUT2D eigenvalue weighted by atomic mass is 9.94. The van der Waals surface area contributed by atoms with Gasteiger partial charge in [0.25, 0.3) is 0 Å². The molecule has 0 amide bonds. The van der Waals surface area contributed by atoms with Crippen molar-refractivity contribution in [2.75, 3.05) is 11.9 Å². The van der Waals surface area contributed by atoms with Crippen molar-refractivity contribution in [2.45, 2.75) is 78.0 Å². The molecule has 1 aliphatic carbocycles. The molecule has 1 saturated carbocycles. The first-order valence-electron chi connectivity index (χ1n) is 10.0. The van der Waals surface area contributed by atoms with Gasteiger partial charge in [0.05, 0.1) is 17.9 Å². The van der Waals surface area contributed by atoms with Crippen LogP contribution in [0.25, 0.3) is 0 Å². The molecule has 2 aromatic heterocycles. The molecule has 2 aromatic rings. The first-order valence-corrected chi connectivity index (χ1v) is 10.0. The van der Waals surface area contributed by atoms with Crippen molar-refractivity contribution in [3.8, 4) is 0 Å². The Morgan fingerprint density at radius 1 is 1.00 bits per heavy atom. The molecule has 6 heteroatoms. The molecule has 0 unspecified atom stereocenters. The summed E-state index contributed by atoms with van der Waals surface area (Å²) in [5.41, 5.74) is 4.41. The van der Waals surface area contributed by atoms with Crippen molar-refractivity contribution in [3.05, 3.63) is 34.9 Å². The van der Waals surface area contributed by atoms with Crippen LogP contribution in [0.2, 0.25) is 0 Å². The summed E-state index contributed by atoms with van der Waals surface area (Å²) in [6.45, 7) is 7.94. The third-order valence-corrected chi connectivity index (χ3v) is 5.60. The summed E-state index contributed by atoms with van der Waals surface area (Å²) in [4.78, 5) is 11.6. The highest BCUT2D eigenvalue weighted by atomic mass is 15.3.